The van der Waals surface area contributed by atoms with E-state index in [0.29, 0.717) is 30.1 Å². The third-order valence-corrected chi connectivity index (χ3v) is 4.13. The highest BCUT2D eigenvalue weighted by Crippen LogP contribution is 2.14. The smallest absolute Gasteiger partial charge is 0.270 e. The summed E-state index contributed by atoms with van der Waals surface area (Å²) in [5, 5.41) is 6.23. The van der Waals surface area contributed by atoms with Gasteiger partial charge in [-0.25, -0.2) is 4.98 Å². The summed E-state index contributed by atoms with van der Waals surface area (Å²) in [6.07, 6.45) is 1.95. The molecule has 0 saturated carbocycles. The Morgan fingerprint density at radius 1 is 1.15 bits per heavy atom. The van der Waals surface area contributed by atoms with Crippen LogP contribution in [0.4, 0.5) is 0 Å². The van der Waals surface area contributed by atoms with Crippen molar-refractivity contribution < 1.29 is 9.59 Å². The topological polar surface area (TPSA) is 71.1 Å². The van der Waals surface area contributed by atoms with Crippen molar-refractivity contribution >= 4 is 23.4 Å². The SMILES string of the molecule is CCCNC(=O)C(CC)NC(=O)c1cccc(Cc2cccc(Cl)c2)n1. The number of rotatable bonds is 8. The van der Waals surface area contributed by atoms with Crippen LogP contribution in [0.3, 0.4) is 0 Å². The summed E-state index contributed by atoms with van der Waals surface area (Å²) in [6, 6.07) is 12.3. The van der Waals surface area contributed by atoms with Gasteiger partial charge in [0, 0.05) is 23.7 Å². The molecular formula is C20H24ClN3O2. The largest absolute Gasteiger partial charge is 0.354 e. The molecule has 1 atom stereocenters. The van der Waals surface area contributed by atoms with Crippen LogP contribution in [0.1, 0.15) is 48.4 Å². The molecule has 0 aliphatic rings. The second kappa shape index (κ2) is 9.92. The van der Waals surface area contributed by atoms with Gasteiger partial charge in [0.1, 0.15) is 11.7 Å². The summed E-state index contributed by atoms with van der Waals surface area (Å²) >= 11 is 6.01. The maximum atomic E-state index is 12.5. The number of hydrogen-bond donors (Lipinski definition) is 2. The van der Waals surface area contributed by atoms with Gasteiger partial charge in [-0.1, -0.05) is 43.6 Å². The maximum Gasteiger partial charge on any atom is 0.270 e. The molecule has 0 aliphatic heterocycles. The number of nitrogens with zero attached hydrogens (tertiary/aromatic N) is 1. The van der Waals surface area contributed by atoms with E-state index in [1.807, 2.05) is 44.2 Å². The first-order valence-electron chi connectivity index (χ1n) is 8.82. The van der Waals surface area contributed by atoms with Crippen molar-refractivity contribution in [2.24, 2.45) is 0 Å². The molecule has 1 heterocycles. The lowest BCUT2D eigenvalue weighted by molar-refractivity contribution is -0.123. The fourth-order valence-corrected chi connectivity index (χ4v) is 2.73. The number of pyridine rings is 1. The monoisotopic (exact) mass is 373 g/mol. The minimum Gasteiger partial charge on any atom is -0.354 e. The summed E-state index contributed by atoms with van der Waals surface area (Å²) in [5.74, 6) is -0.519. The molecule has 0 saturated heterocycles. The number of aromatic nitrogens is 1. The maximum absolute atomic E-state index is 12.5. The van der Waals surface area contributed by atoms with Crippen molar-refractivity contribution in [3.8, 4) is 0 Å². The molecule has 2 N–H and O–H groups in total. The highest BCUT2D eigenvalue weighted by atomic mass is 35.5. The Hall–Kier alpha value is -2.40. The van der Waals surface area contributed by atoms with E-state index in [1.165, 1.54) is 0 Å². The van der Waals surface area contributed by atoms with Crippen LogP contribution in [0.2, 0.25) is 5.02 Å². The van der Waals surface area contributed by atoms with Crippen molar-refractivity contribution in [1.29, 1.82) is 0 Å². The normalized spacial score (nSPS) is 11.7. The van der Waals surface area contributed by atoms with Crippen molar-refractivity contribution in [2.45, 2.75) is 39.2 Å². The van der Waals surface area contributed by atoms with E-state index < -0.39 is 6.04 Å². The average molecular weight is 374 g/mol. The number of nitrogens with one attached hydrogen (secondary N) is 2. The van der Waals surface area contributed by atoms with Gasteiger partial charge in [0.15, 0.2) is 0 Å². The van der Waals surface area contributed by atoms with Gasteiger partial charge in [-0.2, -0.15) is 0 Å². The standard InChI is InChI=1S/C20H24ClN3O2/c1-3-11-22-19(25)17(4-2)24-20(26)18-10-6-9-16(23-18)13-14-7-5-8-15(21)12-14/h5-10,12,17H,3-4,11,13H2,1-2H3,(H,22,25)(H,24,26). The first-order chi connectivity index (χ1) is 12.5. The zero-order valence-electron chi connectivity index (χ0n) is 15.1. The molecule has 2 aromatic rings. The Morgan fingerprint density at radius 3 is 2.62 bits per heavy atom. The molecule has 138 valence electrons. The first-order valence-corrected chi connectivity index (χ1v) is 9.20. The van der Waals surface area contributed by atoms with Crippen molar-refractivity contribution in [3.63, 3.8) is 0 Å². The van der Waals surface area contributed by atoms with Gasteiger partial charge < -0.3 is 10.6 Å². The molecule has 0 radical (unpaired) electrons. The molecule has 1 unspecified atom stereocenters. The number of carbonyl (C=O) groups excluding carboxylic acids is 2. The van der Waals surface area contributed by atoms with E-state index in [0.717, 1.165) is 17.7 Å². The molecule has 1 aromatic carbocycles. The Bertz CT molecular complexity index is 764. The van der Waals surface area contributed by atoms with E-state index in [9.17, 15) is 9.59 Å². The predicted molar refractivity (Wildman–Crippen MR) is 103 cm³/mol. The van der Waals surface area contributed by atoms with Crippen LogP contribution in [-0.4, -0.2) is 29.4 Å². The molecule has 0 bridgehead atoms. The molecule has 2 amide bonds. The zero-order valence-corrected chi connectivity index (χ0v) is 15.8. The van der Waals surface area contributed by atoms with Crippen LogP contribution in [0, 0.1) is 0 Å². The van der Waals surface area contributed by atoms with E-state index in [2.05, 4.69) is 15.6 Å². The molecule has 2 rings (SSSR count). The minimum absolute atomic E-state index is 0.169. The Kier molecular flexibility index (Phi) is 7.60. The Balaban J connectivity index is 2.06. The van der Waals surface area contributed by atoms with Crippen molar-refractivity contribution in [2.75, 3.05) is 6.54 Å². The van der Waals surface area contributed by atoms with Crippen LogP contribution in [-0.2, 0) is 11.2 Å². The van der Waals surface area contributed by atoms with E-state index in [-0.39, 0.29) is 11.8 Å². The van der Waals surface area contributed by atoms with Crippen LogP contribution < -0.4 is 10.6 Å². The molecule has 6 heteroatoms. The first kappa shape index (κ1) is 19.9. The third-order valence-electron chi connectivity index (χ3n) is 3.89. The Labute approximate surface area is 159 Å². The van der Waals surface area contributed by atoms with Gasteiger partial charge in [0.05, 0.1) is 0 Å². The van der Waals surface area contributed by atoms with E-state index >= 15 is 0 Å². The third kappa shape index (κ3) is 5.85. The van der Waals surface area contributed by atoms with Gasteiger partial charge in [0.25, 0.3) is 5.91 Å². The zero-order chi connectivity index (χ0) is 18.9. The lowest BCUT2D eigenvalue weighted by Crippen LogP contribution is -2.46. The lowest BCUT2D eigenvalue weighted by atomic mass is 10.1. The van der Waals surface area contributed by atoms with Gasteiger partial charge in [-0.05, 0) is 42.7 Å². The van der Waals surface area contributed by atoms with Crippen molar-refractivity contribution in [3.05, 3.63) is 64.4 Å². The second-order valence-electron chi connectivity index (χ2n) is 6.05. The molecule has 5 nitrogen and oxygen atoms in total. The molecule has 0 spiro atoms. The fraction of sp³-hybridized carbons (Fsp3) is 0.350. The van der Waals surface area contributed by atoms with E-state index in [1.54, 1.807) is 12.1 Å². The van der Waals surface area contributed by atoms with Crippen LogP contribution in [0.5, 0.6) is 0 Å². The fourth-order valence-electron chi connectivity index (χ4n) is 2.52. The highest BCUT2D eigenvalue weighted by Gasteiger charge is 2.19. The number of hydrogen-bond acceptors (Lipinski definition) is 3. The Morgan fingerprint density at radius 2 is 1.92 bits per heavy atom. The van der Waals surface area contributed by atoms with Gasteiger partial charge in [-0.15, -0.1) is 0 Å². The summed E-state index contributed by atoms with van der Waals surface area (Å²) < 4.78 is 0. The van der Waals surface area contributed by atoms with Crippen LogP contribution in [0.15, 0.2) is 42.5 Å². The summed E-state index contributed by atoms with van der Waals surface area (Å²) in [4.78, 5) is 29.0. The second-order valence-corrected chi connectivity index (χ2v) is 6.48. The van der Waals surface area contributed by atoms with Gasteiger partial charge in [-0.3, -0.25) is 9.59 Å². The number of halogens is 1. The van der Waals surface area contributed by atoms with Crippen LogP contribution in [0.25, 0.3) is 0 Å². The van der Waals surface area contributed by atoms with E-state index in [4.69, 9.17) is 11.6 Å². The predicted octanol–water partition coefficient (Wildman–Crippen LogP) is 3.36. The summed E-state index contributed by atoms with van der Waals surface area (Å²) in [7, 11) is 0. The molecule has 0 fully saturated rings. The number of benzene rings is 1. The summed E-state index contributed by atoms with van der Waals surface area (Å²) in [6.45, 7) is 4.44. The quantitative estimate of drug-likeness (QED) is 0.745. The average Bonchev–Trinajstić information content (AvgIpc) is 2.64. The highest BCUT2D eigenvalue weighted by molar-refractivity contribution is 6.30. The van der Waals surface area contributed by atoms with Gasteiger partial charge in [0.2, 0.25) is 5.91 Å². The number of carbonyl (C=O) groups is 2. The molecule has 26 heavy (non-hydrogen) atoms. The lowest BCUT2D eigenvalue weighted by Gasteiger charge is -2.16. The summed E-state index contributed by atoms with van der Waals surface area (Å²) in [5.41, 5.74) is 2.09. The minimum atomic E-state index is -0.563. The molecular weight excluding hydrogens is 350 g/mol. The molecule has 1 aromatic heterocycles. The van der Waals surface area contributed by atoms with Crippen LogP contribution >= 0.6 is 11.6 Å². The number of amides is 2. The van der Waals surface area contributed by atoms with Gasteiger partial charge >= 0.3 is 0 Å². The molecule has 0 aliphatic carbocycles. The van der Waals surface area contributed by atoms with Crippen molar-refractivity contribution in [1.82, 2.24) is 15.6 Å².